The molecule has 1 unspecified atom stereocenters. The van der Waals surface area contributed by atoms with Crippen LogP contribution in [0, 0.1) is 0 Å². The van der Waals surface area contributed by atoms with E-state index in [4.69, 9.17) is 9.47 Å². The van der Waals surface area contributed by atoms with Gasteiger partial charge in [-0.15, -0.1) is 5.10 Å². The van der Waals surface area contributed by atoms with Crippen molar-refractivity contribution in [1.82, 2.24) is 20.1 Å². The van der Waals surface area contributed by atoms with Gasteiger partial charge in [-0.3, -0.25) is 4.79 Å². The van der Waals surface area contributed by atoms with Crippen molar-refractivity contribution < 1.29 is 14.3 Å². The molecule has 7 nitrogen and oxygen atoms in total. The van der Waals surface area contributed by atoms with Crippen LogP contribution in [0.15, 0.2) is 36.7 Å². The van der Waals surface area contributed by atoms with Crippen molar-refractivity contribution >= 4 is 5.91 Å². The first-order valence-electron chi connectivity index (χ1n) is 8.08. The topological polar surface area (TPSA) is 77.4 Å². The number of rotatable bonds is 5. The summed E-state index contributed by atoms with van der Waals surface area (Å²) in [5.74, 6) is 0.967. The van der Waals surface area contributed by atoms with Gasteiger partial charge in [-0.25, -0.2) is 4.98 Å². The van der Waals surface area contributed by atoms with Gasteiger partial charge >= 0.3 is 0 Å². The third-order valence-electron chi connectivity index (χ3n) is 3.78. The Balaban J connectivity index is 1.62. The molecule has 126 valence electrons. The highest BCUT2D eigenvalue weighted by Gasteiger charge is 2.26. The van der Waals surface area contributed by atoms with Crippen LogP contribution >= 0.6 is 0 Å². The predicted octanol–water partition coefficient (Wildman–Crippen LogP) is 1.95. The van der Waals surface area contributed by atoms with Crippen molar-refractivity contribution in [2.45, 2.75) is 25.9 Å². The number of aromatic nitrogens is 3. The molecular formula is C17H20N4O3. The number of amides is 1. The smallest absolute Gasteiger partial charge is 0.255 e. The van der Waals surface area contributed by atoms with Crippen LogP contribution in [0.2, 0.25) is 0 Å². The Morgan fingerprint density at radius 2 is 2.25 bits per heavy atom. The fraction of sp³-hybridized carbons (Fsp3) is 0.412. The summed E-state index contributed by atoms with van der Waals surface area (Å²) >= 11 is 0. The molecule has 3 rings (SSSR count). The molecule has 1 amide bonds. The van der Waals surface area contributed by atoms with E-state index in [2.05, 4.69) is 15.2 Å². The number of piperidine rings is 1. The van der Waals surface area contributed by atoms with Crippen molar-refractivity contribution in [3.8, 4) is 11.8 Å². The molecule has 1 aliphatic heterocycles. The molecule has 1 fully saturated rings. The van der Waals surface area contributed by atoms with Crippen molar-refractivity contribution in [3.05, 3.63) is 42.2 Å². The molecule has 7 heteroatoms. The molecule has 1 saturated heterocycles. The zero-order chi connectivity index (χ0) is 16.8. The molecule has 1 aliphatic rings. The van der Waals surface area contributed by atoms with Gasteiger partial charge in [-0.2, -0.15) is 5.10 Å². The highest BCUT2D eigenvalue weighted by molar-refractivity contribution is 5.94. The highest BCUT2D eigenvalue weighted by Crippen LogP contribution is 2.18. The molecule has 0 spiro atoms. The normalized spacial score (nSPS) is 17.4. The first-order valence-corrected chi connectivity index (χ1v) is 8.08. The number of nitrogens with zero attached hydrogens (tertiary/aromatic N) is 4. The molecule has 0 bridgehead atoms. The maximum absolute atomic E-state index is 12.6. The predicted molar refractivity (Wildman–Crippen MR) is 87.0 cm³/mol. The average Bonchev–Trinajstić information content (AvgIpc) is 2.63. The first kappa shape index (κ1) is 16.2. The van der Waals surface area contributed by atoms with Crippen LogP contribution in [0.1, 0.15) is 30.1 Å². The van der Waals surface area contributed by atoms with Crippen LogP contribution in [0.5, 0.6) is 11.8 Å². The Hall–Kier alpha value is -2.70. The second-order valence-corrected chi connectivity index (χ2v) is 5.51. The van der Waals surface area contributed by atoms with E-state index in [0.717, 1.165) is 12.8 Å². The summed E-state index contributed by atoms with van der Waals surface area (Å²) in [6.07, 6.45) is 4.86. The zero-order valence-corrected chi connectivity index (χ0v) is 13.6. The summed E-state index contributed by atoms with van der Waals surface area (Å²) < 4.78 is 11.1. The Labute approximate surface area is 140 Å². The number of likely N-dealkylation sites (tertiary alicyclic amines) is 1. The lowest BCUT2D eigenvalue weighted by atomic mass is 10.1. The molecule has 0 saturated carbocycles. The monoisotopic (exact) mass is 328 g/mol. The van der Waals surface area contributed by atoms with Gasteiger partial charge in [0.2, 0.25) is 11.8 Å². The van der Waals surface area contributed by atoms with Crippen LogP contribution in [-0.2, 0) is 0 Å². The summed E-state index contributed by atoms with van der Waals surface area (Å²) in [6, 6.07) is 7.01. The number of hydrogen-bond acceptors (Lipinski definition) is 6. The summed E-state index contributed by atoms with van der Waals surface area (Å²) in [6.45, 7) is 3.69. The van der Waals surface area contributed by atoms with Gasteiger partial charge in [0.05, 0.1) is 18.7 Å². The third-order valence-corrected chi connectivity index (χ3v) is 3.78. The first-order chi connectivity index (χ1) is 11.8. The quantitative estimate of drug-likeness (QED) is 0.835. The third kappa shape index (κ3) is 3.98. The van der Waals surface area contributed by atoms with Gasteiger partial charge in [0.15, 0.2) is 0 Å². The number of pyridine rings is 1. The molecule has 3 heterocycles. The molecule has 0 radical (unpaired) electrons. The van der Waals surface area contributed by atoms with Crippen LogP contribution in [0.4, 0.5) is 0 Å². The number of carbonyl (C=O) groups excluding carboxylic acids is 1. The minimum absolute atomic E-state index is 0.0435. The largest absolute Gasteiger partial charge is 0.478 e. The van der Waals surface area contributed by atoms with Gasteiger partial charge in [0.25, 0.3) is 5.91 Å². The van der Waals surface area contributed by atoms with E-state index in [1.165, 1.54) is 0 Å². The van der Waals surface area contributed by atoms with E-state index < -0.39 is 0 Å². The van der Waals surface area contributed by atoms with E-state index in [1.54, 1.807) is 41.6 Å². The fourth-order valence-electron chi connectivity index (χ4n) is 2.66. The lowest BCUT2D eigenvalue weighted by molar-refractivity contribution is 0.0525. The zero-order valence-electron chi connectivity index (χ0n) is 13.6. The van der Waals surface area contributed by atoms with Gasteiger partial charge in [0, 0.05) is 31.1 Å². The average molecular weight is 328 g/mol. The number of carbonyl (C=O) groups is 1. The lowest BCUT2D eigenvalue weighted by Crippen LogP contribution is -2.44. The van der Waals surface area contributed by atoms with Gasteiger partial charge in [-0.05, 0) is 31.9 Å². The molecule has 0 aliphatic carbocycles. The maximum Gasteiger partial charge on any atom is 0.255 e. The molecule has 2 aromatic heterocycles. The summed E-state index contributed by atoms with van der Waals surface area (Å²) in [5, 5.41) is 7.73. The minimum Gasteiger partial charge on any atom is -0.478 e. The van der Waals surface area contributed by atoms with Gasteiger partial charge in [0.1, 0.15) is 6.10 Å². The van der Waals surface area contributed by atoms with Gasteiger partial charge in [-0.1, -0.05) is 0 Å². The van der Waals surface area contributed by atoms with E-state index in [-0.39, 0.29) is 12.0 Å². The molecule has 0 aromatic carbocycles. The number of ether oxygens (including phenoxy) is 2. The summed E-state index contributed by atoms with van der Waals surface area (Å²) in [7, 11) is 0. The Bertz CT molecular complexity index is 663. The van der Waals surface area contributed by atoms with Crippen molar-refractivity contribution in [1.29, 1.82) is 0 Å². The molecule has 2 aromatic rings. The van der Waals surface area contributed by atoms with Crippen molar-refractivity contribution in [2.24, 2.45) is 0 Å². The lowest BCUT2D eigenvalue weighted by Gasteiger charge is -2.32. The Kier molecular flexibility index (Phi) is 5.20. The Morgan fingerprint density at radius 3 is 2.96 bits per heavy atom. The molecule has 1 atom stereocenters. The highest BCUT2D eigenvalue weighted by atomic mass is 16.5. The van der Waals surface area contributed by atoms with Crippen LogP contribution in [0.3, 0.4) is 0 Å². The van der Waals surface area contributed by atoms with E-state index in [9.17, 15) is 4.79 Å². The Morgan fingerprint density at radius 1 is 1.33 bits per heavy atom. The van der Waals surface area contributed by atoms with E-state index >= 15 is 0 Å². The van der Waals surface area contributed by atoms with Crippen molar-refractivity contribution in [2.75, 3.05) is 19.7 Å². The second kappa shape index (κ2) is 7.72. The van der Waals surface area contributed by atoms with Gasteiger partial charge < -0.3 is 14.4 Å². The van der Waals surface area contributed by atoms with Crippen LogP contribution < -0.4 is 9.47 Å². The molecule has 24 heavy (non-hydrogen) atoms. The maximum atomic E-state index is 12.6. The fourth-order valence-corrected chi connectivity index (χ4v) is 2.66. The molecular weight excluding hydrogens is 308 g/mol. The van der Waals surface area contributed by atoms with E-state index in [0.29, 0.717) is 37.0 Å². The summed E-state index contributed by atoms with van der Waals surface area (Å²) in [4.78, 5) is 18.6. The van der Waals surface area contributed by atoms with Crippen molar-refractivity contribution in [3.63, 3.8) is 0 Å². The van der Waals surface area contributed by atoms with Crippen LogP contribution in [0.25, 0.3) is 0 Å². The summed E-state index contributed by atoms with van der Waals surface area (Å²) in [5.41, 5.74) is 0.554. The molecule has 0 N–H and O–H groups in total. The second-order valence-electron chi connectivity index (χ2n) is 5.51. The minimum atomic E-state index is -0.0740. The van der Waals surface area contributed by atoms with E-state index in [1.807, 2.05) is 6.92 Å². The standard InChI is InChI=1S/C17H20N4O3/c1-2-23-15-8-7-13(11-18-15)17(22)21-10-4-5-14(12-21)24-16-6-3-9-19-20-16/h3,6-9,11,14H,2,4-5,10,12H2,1H3. The number of hydrogen-bond donors (Lipinski definition) is 0. The van der Waals surface area contributed by atoms with Crippen LogP contribution in [-0.4, -0.2) is 51.8 Å². The SMILES string of the molecule is CCOc1ccc(C(=O)N2CCCC(Oc3cccnn3)C2)cn1.